The summed E-state index contributed by atoms with van der Waals surface area (Å²) in [6.45, 7) is 1.77. The van der Waals surface area contributed by atoms with Gasteiger partial charge in [-0.3, -0.25) is 9.59 Å². The van der Waals surface area contributed by atoms with Crippen LogP contribution in [0.4, 0.5) is 0 Å². The molecule has 0 radical (unpaired) electrons. The molecular weight excluding hydrogens is 336 g/mol. The van der Waals surface area contributed by atoms with Crippen LogP contribution in [0.15, 0.2) is 30.3 Å². The Morgan fingerprint density at radius 1 is 0.926 bits per heavy atom. The number of amides is 2. The van der Waals surface area contributed by atoms with Crippen LogP contribution in [0.2, 0.25) is 0 Å². The van der Waals surface area contributed by atoms with Gasteiger partial charge in [0.25, 0.3) is 0 Å². The molecule has 6 rings (SSSR count). The van der Waals surface area contributed by atoms with Crippen LogP contribution in [0.5, 0.6) is 0 Å². The highest BCUT2D eigenvalue weighted by molar-refractivity contribution is 5.91. The Balaban J connectivity index is 1.31. The Hall–Kier alpha value is -1.84. The summed E-state index contributed by atoms with van der Waals surface area (Å²) in [5.74, 6) is 1.51. The van der Waals surface area contributed by atoms with Gasteiger partial charge in [-0.15, -0.1) is 0 Å². The molecule has 1 aromatic rings. The van der Waals surface area contributed by atoms with Gasteiger partial charge in [0, 0.05) is 25.0 Å². The maximum atomic E-state index is 13.4. The van der Waals surface area contributed by atoms with Crippen LogP contribution >= 0.6 is 0 Å². The van der Waals surface area contributed by atoms with Crippen molar-refractivity contribution >= 4 is 11.8 Å². The summed E-state index contributed by atoms with van der Waals surface area (Å²) in [7, 11) is 0. The molecule has 2 amide bonds. The standard InChI is InChI=1S/C23H30N2O2/c26-22(20-15-18(20)14-16-6-2-1-3-7-16)25-19-10-8-17(9-11-19)21(25)23(27)24-12-4-5-13-24/h1-3,6-7,17-21H,4-5,8-15H2/t17?,18-,19?,20+,21-/m0/s1. The van der Waals surface area contributed by atoms with E-state index in [9.17, 15) is 9.59 Å². The lowest BCUT2D eigenvalue weighted by molar-refractivity contribution is -0.159. The van der Waals surface area contributed by atoms with Crippen LogP contribution in [0, 0.1) is 17.8 Å². The third-order valence-corrected chi connectivity index (χ3v) is 7.39. The number of hydrogen-bond donors (Lipinski definition) is 0. The zero-order valence-electron chi connectivity index (χ0n) is 16.1. The molecule has 1 aromatic carbocycles. The van der Waals surface area contributed by atoms with Crippen molar-refractivity contribution in [2.45, 2.75) is 63.5 Å². The molecule has 2 saturated carbocycles. The molecule has 0 N–H and O–H groups in total. The van der Waals surface area contributed by atoms with E-state index < -0.39 is 0 Å². The van der Waals surface area contributed by atoms with E-state index in [4.69, 9.17) is 0 Å². The Kier molecular flexibility index (Phi) is 4.45. The third-order valence-electron chi connectivity index (χ3n) is 7.39. The van der Waals surface area contributed by atoms with Crippen LogP contribution in [0.25, 0.3) is 0 Å². The molecule has 5 aliphatic rings. The van der Waals surface area contributed by atoms with E-state index in [1.807, 2.05) is 11.0 Å². The zero-order valence-corrected chi connectivity index (χ0v) is 16.1. The number of rotatable bonds is 4. The molecule has 3 saturated heterocycles. The number of piperidine rings is 2. The summed E-state index contributed by atoms with van der Waals surface area (Å²) in [4.78, 5) is 30.8. The van der Waals surface area contributed by atoms with E-state index in [0.717, 1.165) is 64.5 Å². The van der Waals surface area contributed by atoms with Gasteiger partial charge in [-0.2, -0.15) is 0 Å². The van der Waals surface area contributed by atoms with Crippen LogP contribution in [0.3, 0.4) is 0 Å². The molecule has 5 fully saturated rings. The molecule has 0 unspecified atom stereocenters. The number of likely N-dealkylation sites (tertiary alicyclic amines) is 1. The summed E-state index contributed by atoms with van der Waals surface area (Å²) < 4.78 is 0. The van der Waals surface area contributed by atoms with Gasteiger partial charge in [0.15, 0.2) is 0 Å². The minimum atomic E-state index is -0.166. The first-order valence-corrected chi connectivity index (χ1v) is 10.9. The van der Waals surface area contributed by atoms with Crippen molar-refractivity contribution in [1.29, 1.82) is 0 Å². The molecule has 3 heterocycles. The fourth-order valence-corrected chi connectivity index (χ4v) is 5.80. The van der Waals surface area contributed by atoms with E-state index in [-0.39, 0.29) is 23.8 Å². The topological polar surface area (TPSA) is 40.6 Å². The van der Waals surface area contributed by atoms with E-state index in [0.29, 0.717) is 17.9 Å². The van der Waals surface area contributed by atoms with Crippen molar-refractivity contribution in [3.8, 4) is 0 Å². The van der Waals surface area contributed by atoms with Gasteiger partial charge in [0.1, 0.15) is 6.04 Å². The number of carbonyl (C=O) groups is 2. The van der Waals surface area contributed by atoms with Crippen molar-refractivity contribution in [2.24, 2.45) is 17.8 Å². The highest BCUT2D eigenvalue weighted by Gasteiger charge is 2.53. The molecule has 3 aliphatic heterocycles. The van der Waals surface area contributed by atoms with Crippen molar-refractivity contribution in [2.75, 3.05) is 13.1 Å². The van der Waals surface area contributed by atoms with Crippen molar-refractivity contribution < 1.29 is 9.59 Å². The molecule has 27 heavy (non-hydrogen) atoms. The van der Waals surface area contributed by atoms with Gasteiger partial charge < -0.3 is 9.80 Å². The number of carbonyl (C=O) groups excluding carboxylic acids is 2. The van der Waals surface area contributed by atoms with Crippen LogP contribution in [-0.2, 0) is 16.0 Å². The zero-order chi connectivity index (χ0) is 18.4. The first-order valence-electron chi connectivity index (χ1n) is 10.9. The number of benzene rings is 1. The molecule has 4 nitrogen and oxygen atoms in total. The fraction of sp³-hybridized carbons (Fsp3) is 0.652. The fourth-order valence-electron chi connectivity index (χ4n) is 5.80. The molecule has 144 valence electrons. The first kappa shape index (κ1) is 17.3. The monoisotopic (exact) mass is 366 g/mol. The number of nitrogens with zero attached hydrogens (tertiary/aromatic N) is 2. The van der Waals surface area contributed by atoms with Crippen molar-refractivity contribution in [1.82, 2.24) is 9.80 Å². The van der Waals surface area contributed by atoms with E-state index in [2.05, 4.69) is 29.2 Å². The van der Waals surface area contributed by atoms with E-state index >= 15 is 0 Å². The Bertz CT molecular complexity index is 704. The van der Waals surface area contributed by atoms with E-state index in [1.165, 1.54) is 5.56 Å². The smallest absolute Gasteiger partial charge is 0.245 e. The van der Waals surface area contributed by atoms with Crippen LogP contribution in [-0.4, -0.2) is 46.8 Å². The molecule has 4 heteroatoms. The molecule has 2 bridgehead atoms. The summed E-state index contributed by atoms with van der Waals surface area (Å²) in [5.41, 5.74) is 1.32. The van der Waals surface area contributed by atoms with Crippen molar-refractivity contribution in [3.05, 3.63) is 35.9 Å². The molecule has 3 atom stereocenters. The highest BCUT2D eigenvalue weighted by atomic mass is 16.2. The molecule has 2 aliphatic carbocycles. The third kappa shape index (κ3) is 3.17. The summed E-state index contributed by atoms with van der Waals surface area (Å²) in [5, 5.41) is 0. The SMILES string of the molecule is O=C([C@@H]1C2CCC(CC2)N1C(=O)[C@@H]1C[C@@H]1Cc1ccccc1)N1CCCC1. The Labute approximate surface area is 161 Å². The van der Waals surface area contributed by atoms with Gasteiger partial charge in [0.2, 0.25) is 11.8 Å². The Morgan fingerprint density at radius 3 is 2.33 bits per heavy atom. The molecule has 0 spiro atoms. The first-order chi connectivity index (χ1) is 13.2. The van der Waals surface area contributed by atoms with Gasteiger partial charge in [0.05, 0.1) is 0 Å². The van der Waals surface area contributed by atoms with Gasteiger partial charge in [-0.25, -0.2) is 0 Å². The quantitative estimate of drug-likeness (QED) is 0.821. The summed E-state index contributed by atoms with van der Waals surface area (Å²) in [6.07, 6.45) is 8.64. The maximum Gasteiger partial charge on any atom is 0.245 e. The Morgan fingerprint density at radius 2 is 1.63 bits per heavy atom. The van der Waals surface area contributed by atoms with Gasteiger partial charge in [-0.05, 0) is 68.8 Å². The predicted octanol–water partition coefficient (Wildman–Crippen LogP) is 3.26. The molecular formula is C23H30N2O2. The van der Waals surface area contributed by atoms with Crippen LogP contribution < -0.4 is 0 Å². The average molecular weight is 367 g/mol. The average Bonchev–Trinajstić information content (AvgIpc) is 3.26. The number of fused-ring (bicyclic) bond motifs is 3. The normalized spacial score (nSPS) is 34.7. The second-order valence-corrected chi connectivity index (χ2v) is 9.08. The lowest BCUT2D eigenvalue weighted by Crippen LogP contribution is -2.63. The highest BCUT2D eigenvalue weighted by Crippen LogP contribution is 2.47. The minimum absolute atomic E-state index is 0.137. The maximum absolute atomic E-state index is 13.4. The van der Waals surface area contributed by atoms with Crippen LogP contribution in [0.1, 0.15) is 50.5 Å². The lowest BCUT2D eigenvalue weighted by atomic mass is 9.73. The minimum Gasteiger partial charge on any atom is -0.341 e. The summed E-state index contributed by atoms with van der Waals surface area (Å²) in [6, 6.07) is 10.6. The van der Waals surface area contributed by atoms with Gasteiger partial charge >= 0.3 is 0 Å². The number of hydrogen-bond acceptors (Lipinski definition) is 2. The van der Waals surface area contributed by atoms with E-state index in [1.54, 1.807) is 0 Å². The second-order valence-electron chi connectivity index (χ2n) is 9.08. The molecule has 0 aromatic heterocycles. The largest absolute Gasteiger partial charge is 0.341 e. The van der Waals surface area contributed by atoms with Gasteiger partial charge in [-0.1, -0.05) is 30.3 Å². The lowest BCUT2D eigenvalue weighted by Gasteiger charge is -2.51. The predicted molar refractivity (Wildman–Crippen MR) is 104 cm³/mol. The summed E-state index contributed by atoms with van der Waals surface area (Å²) >= 11 is 0. The second kappa shape index (κ2) is 6.96. The van der Waals surface area contributed by atoms with Crippen molar-refractivity contribution in [3.63, 3.8) is 0 Å².